The number of carbonyl (C=O) groups is 2. The van der Waals surface area contributed by atoms with E-state index in [-0.39, 0.29) is 11.8 Å². The maximum Gasteiger partial charge on any atom is 0.268 e. The van der Waals surface area contributed by atoms with Crippen LogP contribution in [0.4, 0.5) is 0 Å². The molecule has 1 aliphatic heterocycles. The van der Waals surface area contributed by atoms with E-state index in [1.54, 1.807) is 0 Å². The van der Waals surface area contributed by atoms with Gasteiger partial charge in [-0.1, -0.05) is 25.1 Å². The van der Waals surface area contributed by atoms with Crippen molar-refractivity contribution in [1.29, 1.82) is 0 Å². The predicted molar refractivity (Wildman–Crippen MR) is 76.5 cm³/mol. The van der Waals surface area contributed by atoms with Gasteiger partial charge in [-0.25, -0.2) is 0 Å². The maximum absolute atomic E-state index is 12.1. The fraction of sp³-hybridized carbons (Fsp3) is 0.333. The summed E-state index contributed by atoms with van der Waals surface area (Å²) in [6.07, 6.45) is 0.879. The zero-order chi connectivity index (χ0) is 14.1. The minimum Gasteiger partial charge on any atom is -0.354 e. The lowest BCUT2D eigenvalue weighted by atomic mass is 10.2. The highest BCUT2D eigenvalue weighted by atomic mass is 16.2. The van der Waals surface area contributed by atoms with Gasteiger partial charge >= 0.3 is 0 Å². The number of hydrogen-bond acceptors (Lipinski definition) is 2. The first-order chi connectivity index (χ1) is 9.70. The molecule has 0 fully saturated rings. The summed E-state index contributed by atoms with van der Waals surface area (Å²) in [5.74, 6) is -0.312. The van der Waals surface area contributed by atoms with Crippen LogP contribution in [0.1, 0.15) is 23.8 Å². The van der Waals surface area contributed by atoms with Crippen molar-refractivity contribution >= 4 is 22.7 Å². The molecule has 2 aromatic rings. The molecule has 20 heavy (non-hydrogen) atoms. The topological polar surface area (TPSA) is 63.1 Å². The highest BCUT2D eigenvalue weighted by Gasteiger charge is 2.29. The van der Waals surface area contributed by atoms with Crippen LogP contribution in [0, 0.1) is 0 Å². The lowest BCUT2D eigenvalue weighted by molar-refractivity contribution is -0.123. The summed E-state index contributed by atoms with van der Waals surface area (Å²) in [7, 11) is 0. The molecule has 104 valence electrons. The molecule has 3 rings (SSSR count). The van der Waals surface area contributed by atoms with Gasteiger partial charge in [0.05, 0.1) is 6.54 Å². The summed E-state index contributed by atoms with van der Waals surface area (Å²) in [5, 5.41) is 6.62. The van der Waals surface area contributed by atoms with Gasteiger partial charge in [-0.2, -0.15) is 0 Å². The fourth-order valence-electron chi connectivity index (χ4n) is 2.58. The third-order valence-electron chi connectivity index (χ3n) is 3.58. The largest absolute Gasteiger partial charge is 0.354 e. The number of hydrogen-bond donors (Lipinski definition) is 2. The molecule has 0 bridgehead atoms. The van der Waals surface area contributed by atoms with Gasteiger partial charge in [-0.05, 0) is 18.6 Å². The zero-order valence-corrected chi connectivity index (χ0v) is 11.3. The van der Waals surface area contributed by atoms with E-state index in [0.717, 1.165) is 17.3 Å². The van der Waals surface area contributed by atoms with Crippen molar-refractivity contribution in [1.82, 2.24) is 15.2 Å². The van der Waals surface area contributed by atoms with Crippen molar-refractivity contribution in [3.63, 3.8) is 0 Å². The second-order valence-electron chi connectivity index (χ2n) is 5.02. The fourth-order valence-corrected chi connectivity index (χ4v) is 2.58. The Bertz CT molecular complexity index is 675. The van der Waals surface area contributed by atoms with Crippen LogP contribution >= 0.6 is 0 Å². The summed E-state index contributed by atoms with van der Waals surface area (Å²) in [4.78, 5) is 24.2. The molecule has 1 aromatic carbocycles. The average molecular weight is 271 g/mol. The number of nitrogens with one attached hydrogen (secondary N) is 2. The SMILES string of the molecule is CCCNC(=O)[C@@H]1Cn2c(cc3ccccc32)C(=O)N1. The van der Waals surface area contributed by atoms with Crippen molar-refractivity contribution in [2.45, 2.75) is 25.9 Å². The molecule has 1 aliphatic rings. The second kappa shape index (κ2) is 5.00. The molecule has 2 amide bonds. The van der Waals surface area contributed by atoms with E-state index in [0.29, 0.717) is 18.8 Å². The van der Waals surface area contributed by atoms with Crippen LogP contribution in [0.15, 0.2) is 30.3 Å². The van der Waals surface area contributed by atoms with Gasteiger partial charge in [0.25, 0.3) is 5.91 Å². The standard InChI is InChI=1S/C15H17N3O2/c1-2-7-16-14(19)11-9-18-12-6-4-3-5-10(12)8-13(18)15(20)17-11/h3-6,8,11H,2,7,9H2,1H3,(H,16,19)(H,17,20)/t11-/m0/s1. The van der Waals surface area contributed by atoms with E-state index in [9.17, 15) is 9.59 Å². The minimum absolute atomic E-state index is 0.122. The summed E-state index contributed by atoms with van der Waals surface area (Å²) >= 11 is 0. The summed E-state index contributed by atoms with van der Waals surface area (Å²) in [6, 6.07) is 9.19. The molecular formula is C15H17N3O2. The second-order valence-corrected chi connectivity index (χ2v) is 5.02. The van der Waals surface area contributed by atoms with Gasteiger partial charge in [0.2, 0.25) is 5.91 Å². The van der Waals surface area contributed by atoms with Crippen molar-refractivity contribution in [3.05, 3.63) is 36.0 Å². The molecule has 0 spiro atoms. The Morgan fingerprint density at radius 2 is 2.25 bits per heavy atom. The number of para-hydroxylation sites is 1. The molecule has 0 unspecified atom stereocenters. The van der Waals surface area contributed by atoms with E-state index < -0.39 is 6.04 Å². The normalized spacial score (nSPS) is 17.6. The molecule has 1 aromatic heterocycles. The van der Waals surface area contributed by atoms with Gasteiger partial charge in [-0.3, -0.25) is 9.59 Å². The van der Waals surface area contributed by atoms with Gasteiger partial charge < -0.3 is 15.2 Å². The first-order valence-corrected chi connectivity index (χ1v) is 6.87. The molecule has 1 atom stereocenters. The highest BCUT2D eigenvalue weighted by Crippen LogP contribution is 2.22. The molecule has 5 nitrogen and oxygen atoms in total. The van der Waals surface area contributed by atoms with Crippen molar-refractivity contribution < 1.29 is 9.59 Å². The van der Waals surface area contributed by atoms with Crippen LogP contribution < -0.4 is 10.6 Å². The van der Waals surface area contributed by atoms with Crippen LogP contribution in [0.2, 0.25) is 0 Å². The van der Waals surface area contributed by atoms with Gasteiger partial charge in [0.15, 0.2) is 0 Å². The third kappa shape index (κ3) is 2.05. The smallest absolute Gasteiger partial charge is 0.268 e. The summed E-state index contributed by atoms with van der Waals surface area (Å²) in [5.41, 5.74) is 1.61. The van der Waals surface area contributed by atoms with E-state index >= 15 is 0 Å². The zero-order valence-electron chi connectivity index (χ0n) is 11.3. The Kier molecular flexibility index (Phi) is 3.18. The Balaban J connectivity index is 1.93. The quantitative estimate of drug-likeness (QED) is 0.883. The van der Waals surface area contributed by atoms with Gasteiger partial charge in [-0.15, -0.1) is 0 Å². The van der Waals surface area contributed by atoms with E-state index in [2.05, 4.69) is 10.6 Å². The molecule has 0 saturated heterocycles. The lowest BCUT2D eigenvalue weighted by Crippen LogP contribution is -2.52. The van der Waals surface area contributed by atoms with E-state index in [4.69, 9.17) is 0 Å². The van der Waals surface area contributed by atoms with Crippen LogP contribution in [0.25, 0.3) is 10.9 Å². The molecular weight excluding hydrogens is 254 g/mol. The van der Waals surface area contributed by atoms with Crippen molar-refractivity contribution in [3.8, 4) is 0 Å². The van der Waals surface area contributed by atoms with Gasteiger partial charge in [0, 0.05) is 17.4 Å². The number of aromatic nitrogens is 1. The lowest BCUT2D eigenvalue weighted by Gasteiger charge is -2.25. The molecule has 0 aliphatic carbocycles. The first-order valence-electron chi connectivity index (χ1n) is 6.87. The van der Waals surface area contributed by atoms with Crippen LogP contribution in [0.3, 0.4) is 0 Å². The average Bonchev–Trinajstić information content (AvgIpc) is 2.84. The number of fused-ring (bicyclic) bond motifs is 3. The minimum atomic E-state index is -0.502. The molecule has 5 heteroatoms. The Morgan fingerprint density at radius 1 is 1.45 bits per heavy atom. The van der Waals surface area contributed by atoms with Crippen molar-refractivity contribution in [2.24, 2.45) is 0 Å². The third-order valence-corrected chi connectivity index (χ3v) is 3.58. The van der Waals surface area contributed by atoms with Crippen molar-refractivity contribution in [2.75, 3.05) is 6.54 Å². The molecule has 2 N–H and O–H groups in total. The Hall–Kier alpha value is -2.30. The molecule has 2 heterocycles. The van der Waals surface area contributed by atoms with Gasteiger partial charge in [0.1, 0.15) is 11.7 Å². The number of nitrogens with zero attached hydrogens (tertiary/aromatic N) is 1. The molecule has 0 saturated carbocycles. The maximum atomic E-state index is 12.1. The Labute approximate surface area is 117 Å². The highest BCUT2D eigenvalue weighted by molar-refractivity contribution is 6.02. The summed E-state index contributed by atoms with van der Waals surface area (Å²) < 4.78 is 1.92. The predicted octanol–water partition coefficient (Wildman–Crippen LogP) is 1.28. The number of rotatable bonds is 3. The monoisotopic (exact) mass is 271 g/mol. The van der Waals surface area contributed by atoms with Crippen LogP contribution in [-0.4, -0.2) is 29.0 Å². The van der Waals surface area contributed by atoms with Crippen LogP contribution in [-0.2, 0) is 11.3 Å². The van der Waals surface area contributed by atoms with E-state index in [1.807, 2.05) is 41.8 Å². The number of carbonyl (C=O) groups excluding carboxylic acids is 2. The van der Waals surface area contributed by atoms with Crippen LogP contribution in [0.5, 0.6) is 0 Å². The molecule has 0 radical (unpaired) electrons. The Morgan fingerprint density at radius 3 is 3.05 bits per heavy atom. The summed E-state index contributed by atoms with van der Waals surface area (Å²) in [6.45, 7) is 3.10. The van der Waals surface area contributed by atoms with E-state index in [1.165, 1.54) is 0 Å². The number of benzene rings is 1. The first kappa shape index (κ1) is 12.7. The number of amides is 2.